The average Bonchev–Trinajstić information content (AvgIpc) is 2.96. The van der Waals surface area contributed by atoms with Crippen LogP contribution in [0.15, 0.2) is 16.7 Å². The van der Waals surface area contributed by atoms with Crippen molar-refractivity contribution in [3.8, 4) is 0 Å². The summed E-state index contributed by atoms with van der Waals surface area (Å²) in [5.41, 5.74) is 0.465. The summed E-state index contributed by atoms with van der Waals surface area (Å²) in [6.45, 7) is 5.79. The van der Waals surface area contributed by atoms with Gasteiger partial charge in [-0.25, -0.2) is 0 Å². The van der Waals surface area contributed by atoms with Gasteiger partial charge >= 0.3 is 5.97 Å². The lowest BCUT2D eigenvalue weighted by Gasteiger charge is -2.15. The molecule has 1 fully saturated rings. The van der Waals surface area contributed by atoms with E-state index in [0.717, 1.165) is 13.1 Å². The van der Waals surface area contributed by atoms with Crippen LogP contribution in [-0.2, 0) is 16.0 Å². The number of likely N-dealkylation sites (tertiary alicyclic amines) is 1. The van der Waals surface area contributed by atoms with E-state index in [4.69, 9.17) is 4.42 Å². The quantitative estimate of drug-likeness (QED) is 0.781. The Hall–Kier alpha value is -1.78. The molecule has 0 spiro atoms. The van der Waals surface area contributed by atoms with E-state index in [9.17, 15) is 9.59 Å². The van der Waals surface area contributed by atoms with Gasteiger partial charge in [0, 0.05) is 13.1 Å². The predicted molar refractivity (Wildman–Crippen MR) is 68.7 cm³/mol. The molecular weight excluding hydrogens is 246 g/mol. The van der Waals surface area contributed by atoms with E-state index in [1.807, 2.05) is 4.90 Å². The largest absolute Gasteiger partial charge is 0.469 e. The summed E-state index contributed by atoms with van der Waals surface area (Å²) in [5.74, 6) is 0.903. The monoisotopic (exact) mass is 265 g/mol. The Morgan fingerprint density at radius 3 is 2.58 bits per heavy atom. The summed E-state index contributed by atoms with van der Waals surface area (Å²) in [4.78, 5) is 25.5. The number of ether oxygens (including phenoxy) is 1. The molecule has 0 N–H and O–H groups in total. The number of carbonyl (C=O) groups is 2. The van der Waals surface area contributed by atoms with Crippen molar-refractivity contribution in [1.29, 1.82) is 0 Å². The molecule has 19 heavy (non-hydrogen) atoms. The van der Waals surface area contributed by atoms with Gasteiger partial charge < -0.3 is 14.1 Å². The van der Waals surface area contributed by atoms with E-state index in [2.05, 4.69) is 18.6 Å². The standard InChI is InChI=1S/C14H19NO4/c1-9-7-15(8-10(9)2)14(17)11-4-5-19-12(11)6-13(16)18-3/h4-5,9-10H,6-8H2,1-3H3/t9-,10+. The second-order valence-corrected chi connectivity index (χ2v) is 5.18. The number of hydrogen-bond donors (Lipinski definition) is 0. The molecule has 0 bridgehead atoms. The minimum atomic E-state index is -0.410. The fourth-order valence-electron chi connectivity index (χ4n) is 2.34. The second-order valence-electron chi connectivity index (χ2n) is 5.18. The van der Waals surface area contributed by atoms with E-state index in [-0.39, 0.29) is 12.3 Å². The minimum absolute atomic E-state index is 0.0104. The van der Waals surface area contributed by atoms with E-state index < -0.39 is 5.97 Å². The van der Waals surface area contributed by atoms with Gasteiger partial charge in [-0.3, -0.25) is 9.59 Å². The van der Waals surface area contributed by atoms with Crippen molar-refractivity contribution < 1.29 is 18.7 Å². The first kappa shape index (κ1) is 13.6. The van der Waals surface area contributed by atoms with E-state index in [0.29, 0.717) is 23.2 Å². The molecular formula is C14H19NO4. The highest BCUT2D eigenvalue weighted by Crippen LogP contribution is 2.25. The molecule has 2 rings (SSSR count). The molecule has 0 aromatic carbocycles. The summed E-state index contributed by atoms with van der Waals surface area (Å²) >= 11 is 0. The highest BCUT2D eigenvalue weighted by molar-refractivity contribution is 5.96. The Balaban J connectivity index is 2.12. The maximum atomic E-state index is 12.4. The van der Waals surface area contributed by atoms with Gasteiger partial charge in [-0.05, 0) is 17.9 Å². The number of nitrogens with zero attached hydrogens (tertiary/aromatic N) is 1. The molecule has 0 radical (unpaired) electrons. The van der Waals surface area contributed by atoms with Crippen molar-refractivity contribution in [3.63, 3.8) is 0 Å². The van der Waals surface area contributed by atoms with Gasteiger partial charge in [0.05, 0.1) is 18.9 Å². The molecule has 1 amide bonds. The first-order valence-electron chi connectivity index (χ1n) is 6.45. The topological polar surface area (TPSA) is 59.8 Å². The Kier molecular flexibility index (Phi) is 3.93. The van der Waals surface area contributed by atoms with Gasteiger partial charge in [0.15, 0.2) is 0 Å². The zero-order chi connectivity index (χ0) is 14.0. The molecule has 1 aliphatic heterocycles. The third kappa shape index (κ3) is 2.80. The molecule has 0 aliphatic carbocycles. The molecule has 1 aromatic heterocycles. The van der Waals surface area contributed by atoms with Crippen molar-refractivity contribution in [1.82, 2.24) is 4.90 Å². The van der Waals surface area contributed by atoms with Gasteiger partial charge in [-0.1, -0.05) is 13.8 Å². The molecule has 2 heterocycles. The van der Waals surface area contributed by atoms with Crippen LogP contribution in [0.5, 0.6) is 0 Å². The molecule has 1 aromatic rings. The van der Waals surface area contributed by atoms with Gasteiger partial charge in [0.1, 0.15) is 12.2 Å². The number of rotatable bonds is 3. The van der Waals surface area contributed by atoms with Crippen LogP contribution in [0, 0.1) is 11.8 Å². The van der Waals surface area contributed by atoms with Crippen LogP contribution in [-0.4, -0.2) is 37.0 Å². The second kappa shape index (κ2) is 5.47. The summed E-state index contributed by atoms with van der Waals surface area (Å²) < 4.78 is 9.82. The fourth-order valence-corrected chi connectivity index (χ4v) is 2.34. The van der Waals surface area contributed by atoms with Crippen LogP contribution >= 0.6 is 0 Å². The maximum Gasteiger partial charge on any atom is 0.313 e. The number of furan rings is 1. The number of methoxy groups -OCH3 is 1. The summed E-state index contributed by atoms with van der Waals surface area (Å²) in [6.07, 6.45) is 1.43. The SMILES string of the molecule is COC(=O)Cc1occc1C(=O)N1C[C@@H](C)[C@@H](C)C1. The molecule has 104 valence electrons. The first-order chi connectivity index (χ1) is 9.02. The van der Waals surface area contributed by atoms with Crippen molar-refractivity contribution in [2.45, 2.75) is 20.3 Å². The first-order valence-corrected chi connectivity index (χ1v) is 6.45. The van der Waals surface area contributed by atoms with Crippen LogP contribution in [0.4, 0.5) is 0 Å². The predicted octanol–water partition coefficient (Wildman–Crippen LogP) is 1.72. The Labute approximate surface area is 112 Å². The lowest BCUT2D eigenvalue weighted by molar-refractivity contribution is -0.140. The Bertz CT molecular complexity index is 470. The van der Waals surface area contributed by atoms with Crippen LogP contribution in [0.3, 0.4) is 0 Å². The van der Waals surface area contributed by atoms with Crippen molar-refractivity contribution in [3.05, 3.63) is 23.7 Å². The van der Waals surface area contributed by atoms with Crippen LogP contribution < -0.4 is 0 Å². The number of esters is 1. The highest BCUT2D eigenvalue weighted by Gasteiger charge is 2.31. The van der Waals surface area contributed by atoms with Crippen LogP contribution in [0.2, 0.25) is 0 Å². The summed E-state index contributed by atoms with van der Waals surface area (Å²) in [6, 6.07) is 1.62. The normalized spacial score (nSPS) is 22.6. The lowest BCUT2D eigenvalue weighted by atomic mass is 10.0. The van der Waals surface area contributed by atoms with Gasteiger partial charge in [0.25, 0.3) is 5.91 Å². The minimum Gasteiger partial charge on any atom is -0.469 e. The molecule has 2 atom stereocenters. The van der Waals surface area contributed by atoms with Crippen molar-refractivity contribution in [2.24, 2.45) is 11.8 Å². The lowest BCUT2D eigenvalue weighted by Crippen LogP contribution is -2.29. The van der Waals surface area contributed by atoms with Crippen LogP contribution in [0.25, 0.3) is 0 Å². The van der Waals surface area contributed by atoms with Crippen LogP contribution in [0.1, 0.15) is 30.0 Å². The Morgan fingerprint density at radius 2 is 2.00 bits per heavy atom. The van der Waals surface area contributed by atoms with Gasteiger partial charge in [-0.2, -0.15) is 0 Å². The fraction of sp³-hybridized carbons (Fsp3) is 0.571. The summed E-state index contributed by atoms with van der Waals surface area (Å²) in [7, 11) is 1.32. The van der Waals surface area contributed by atoms with Crippen molar-refractivity contribution in [2.75, 3.05) is 20.2 Å². The van der Waals surface area contributed by atoms with Gasteiger partial charge in [0.2, 0.25) is 0 Å². The van der Waals surface area contributed by atoms with Gasteiger partial charge in [-0.15, -0.1) is 0 Å². The molecule has 1 aliphatic rings. The third-order valence-corrected chi connectivity index (χ3v) is 3.78. The van der Waals surface area contributed by atoms with Crippen molar-refractivity contribution >= 4 is 11.9 Å². The van der Waals surface area contributed by atoms with E-state index >= 15 is 0 Å². The number of hydrogen-bond acceptors (Lipinski definition) is 4. The third-order valence-electron chi connectivity index (χ3n) is 3.78. The van der Waals surface area contributed by atoms with E-state index in [1.54, 1.807) is 6.07 Å². The van der Waals surface area contributed by atoms with E-state index in [1.165, 1.54) is 13.4 Å². The maximum absolute atomic E-state index is 12.4. The molecule has 0 saturated carbocycles. The number of carbonyl (C=O) groups excluding carboxylic acids is 2. The molecule has 1 saturated heterocycles. The molecule has 0 unspecified atom stereocenters. The zero-order valence-electron chi connectivity index (χ0n) is 11.5. The summed E-state index contributed by atoms with van der Waals surface area (Å²) in [5, 5.41) is 0. The zero-order valence-corrected chi connectivity index (χ0v) is 11.5. The molecule has 5 heteroatoms. The highest BCUT2D eigenvalue weighted by atomic mass is 16.5. The Morgan fingerprint density at radius 1 is 1.37 bits per heavy atom. The smallest absolute Gasteiger partial charge is 0.313 e. The molecule has 5 nitrogen and oxygen atoms in total. The average molecular weight is 265 g/mol. The number of amides is 1.